The molecule has 1 fully saturated rings. The number of hydrogen-bond donors (Lipinski definition) is 1. The van der Waals surface area contributed by atoms with Gasteiger partial charge < -0.3 is 10.6 Å². The van der Waals surface area contributed by atoms with Crippen LogP contribution in [0.1, 0.15) is 31.4 Å². The Hall–Kier alpha value is -1.09. The molecular weight excluding hydrogens is 210 g/mol. The topological polar surface area (TPSA) is 42.2 Å². The molecule has 2 unspecified atom stereocenters. The van der Waals surface area contributed by atoms with E-state index in [9.17, 15) is 0 Å². The molecule has 2 heterocycles. The molecule has 0 bridgehead atoms. The number of nitrogens with two attached hydrogens (primary N) is 1. The van der Waals surface area contributed by atoms with Gasteiger partial charge in [0.15, 0.2) is 0 Å². The lowest BCUT2D eigenvalue weighted by atomic mass is 9.91. The maximum atomic E-state index is 5.86. The Morgan fingerprint density at radius 1 is 1.35 bits per heavy atom. The van der Waals surface area contributed by atoms with Crippen molar-refractivity contribution in [3.8, 4) is 0 Å². The van der Waals surface area contributed by atoms with Crippen LogP contribution in [0.2, 0.25) is 0 Å². The number of rotatable bonds is 2. The van der Waals surface area contributed by atoms with Gasteiger partial charge in [-0.15, -0.1) is 0 Å². The highest BCUT2D eigenvalue weighted by atomic mass is 15.2. The molecule has 0 aromatic carbocycles. The Bertz CT molecular complexity index is 379. The molecule has 1 aliphatic heterocycles. The molecule has 3 heteroatoms. The Kier molecular flexibility index (Phi) is 3.67. The fraction of sp³-hybridized carbons (Fsp3) is 0.643. The molecule has 0 amide bonds. The predicted molar refractivity (Wildman–Crippen MR) is 72.0 cm³/mol. The predicted octanol–water partition coefficient (Wildman–Crippen LogP) is 2.33. The van der Waals surface area contributed by atoms with E-state index in [1.165, 1.54) is 17.5 Å². The average Bonchev–Trinajstić information content (AvgIpc) is 2.27. The third kappa shape index (κ3) is 2.60. The number of piperidine rings is 1. The summed E-state index contributed by atoms with van der Waals surface area (Å²) in [6.45, 7) is 9.54. The summed E-state index contributed by atoms with van der Waals surface area (Å²) in [7, 11) is 0. The van der Waals surface area contributed by atoms with Crippen molar-refractivity contribution in [2.75, 3.05) is 18.0 Å². The first-order valence-corrected chi connectivity index (χ1v) is 6.51. The molecule has 17 heavy (non-hydrogen) atoms. The molecule has 2 N–H and O–H groups in total. The molecule has 1 saturated heterocycles. The third-order valence-corrected chi connectivity index (χ3v) is 3.64. The van der Waals surface area contributed by atoms with Gasteiger partial charge in [0.2, 0.25) is 0 Å². The highest BCUT2D eigenvalue weighted by Crippen LogP contribution is 2.28. The first-order valence-electron chi connectivity index (χ1n) is 6.51. The summed E-state index contributed by atoms with van der Waals surface area (Å²) in [6, 6.07) is 2.04. The van der Waals surface area contributed by atoms with Crippen LogP contribution >= 0.6 is 0 Å². The van der Waals surface area contributed by atoms with Crippen molar-refractivity contribution in [2.45, 2.75) is 33.7 Å². The summed E-state index contributed by atoms with van der Waals surface area (Å²) in [5.74, 6) is 2.59. The number of nitrogens with zero attached hydrogens (tertiary/aromatic N) is 2. The van der Waals surface area contributed by atoms with E-state index < -0.39 is 0 Å². The van der Waals surface area contributed by atoms with Gasteiger partial charge in [0, 0.05) is 31.4 Å². The normalized spacial score (nSPS) is 25.1. The van der Waals surface area contributed by atoms with Gasteiger partial charge in [-0.3, -0.25) is 0 Å². The molecule has 94 valence electrons. The van der Waals surface area contributed by atoms with Crippen molar-refractivity contribution in [3.63, 3.8) is 0 Å². The Morgan fingerprint density at radius 2 is 2.00 bits per heavy atom. The highest BCUT2D eigenvalue weighted by Gasteiger charge is 2.24. The molecule has 1 aromatic heterocycles. The lowest BCUT2D eigenvalue weighted by molar-refractivity contribution is 0.355. The molecule has 1 aromatic rings. The zero-order valence-electron chi connectivity index (χ0n) is 11.1. The first kappa shape index (κ1) is 12.4. The zero-order chi connectivity index (χ0) is 12.4. The quantitative estimate of drug-likeness (QED) is 0.852. The van der Waals surface area contributed by atoms with Crippen LogP contribution in [0.4, 0.5) is 5.82 Å². The lowest BCUT2D eigenvalue weighted by Crippen LogP contribution is -2.40. The molecule has 1 aliphatic rings. The molecule has 2 rings (SSSR count). The van der Waals surface area contributed by atoms with Crippen molar-refractivity contribution < 1.29 is 0 Å². The van der Waals surface area contributed by atoms with E-state index in [4.69, 9.17) is 5.73 Å². The summed E-state index contributed by atoms with van der Waals surface area (Å²) < 4.78 is 0. The van der Waals surface area contributed by atoms with E-state index in [0.717, 1.165) is 30.7 Å². The van der Waals surface area contributed by atoms with Crippen molar-refractivity contribution >= 4 is 5.82 Å². The van der Waals surface area contributed by atoms with E-state index in [1.807, 2.05) is 12.3 Å². The van der Waals surface area contributed by atoms with E-state index in [2.05, 4.69) is 30.7 Å². The van der Waals surface area contributed by atoms with E-state index in [0.29, 0.717) is 6.54 Å². The van der Waals surface area contributed by atoms with Crippen molar-refractivity contribution in [2.24, 2.45) is 17.6 Å². The number of aryl methyl sites for hydroxylation is 1. The van der Waals surface area contributed by atoms with Crippen LogP contribution in [-0.2, 0) is 6.54 Å². The average molecular weight is 233 g/mol. The van der Waals surface area contributed by atoms with Gasteiger partial charge in [-0.2, -0.15) is 0 Å². The monoisotopic (exact) mass is 233 g/mol. The van der Waals surface area contributed by atoms with Crippen LogP contribution in [0, 0.1) is 18.8 Å². The van der Waals surface area contributed by atoms with Gasteiger partial charge in [-0.25, -0.2) is 4.98 Å². The second-order valence-corrected chi connectivity index (χ2v) is 5.49. The molecule has 0 aliphatic carbocycles. The van der Waals surface area contributed by atoms with Gasteiger partial charge in [0.1, 0.15) is 5.82 Å². The number of aromatic nitrogens is 1. The molecular formula is C14H23N3. The SMILES string of the molecule is Cc1ccnc(N2CC(C)CC(C)C2)c1CN. The maximum Gasteiger partial charge on any atom is 0.133 e. The second kappa shape index (κ2) is 5.05. The molecule has 0 saturated carbocycles. The summed E-state index contributed by atoms with van der Waals surface area (Å²) >= 11 is 0. The van der Waals surface area contributed by atoms with E-state index in [-0.39, 0.29) is 0 Å². The minimum absolute atomic E-state index is 0.578. The van der Waals surface area contributed by atoms with Crippen molar-refractivity contribution in [3.05, 3.63) is 23.4 Å². The molecule has 2 atom stereocenters. The minimum atomic E-state index is 0.578. The van der Waals surface area contributed by atoms with Crippen LogP contribution in [0.5, 0.6) is 0 Å². The van der Waals surface area contributed by atoms with Crippen LogP contribution in [0.15, 0.2) is 12.3 Å². The maximum absolute atomic E-state index is 5.86. The largest absolute Gasteiger partial charge is 0.356 e. The standard InChI is InChI=1S/C14H23N3/c1-10-6-11(2)9-17(8-10)14-13(7-15)12(3)4-5-16-14/h4-5,10-11H,6-9,15H2,1-3H3. The van der Waals surface area contributed by atoms with Crippen molar-refractivity contribution in [1.82, 2.24) is 4.98 Å². The van der Waals surface area contributed by atoms with Gasteiger partial charge >= 0.3 is 0 Å². The number of pyridine rings is 1. The molecule has 0 spiro atoms. The number of hydrogen-bond acceptors (Lipinski definition) is 3. The summed E-state index contributed by atoms with van der Waals surface area (Å²) in [6.07, 6.45) is 3.22. The fourth-order valence-corrected chi connectivity index (χ4v) is 2.94. The minimum Gasteiger partial charge on any atom is -0.356 e. The lowest BCUT2D eigenvalue weighted by Gasteiger charge is -2.37. The van der Waals surface area contributed by atoms with Crippen LogP contribution in [0.25, 0.3) is 0 Å². The first-order chi connectivity index (χ1) is 8.11. The Morgan fingerprint density at radius 3 is 2.59 bits per heavy atom. The van der Waals surface area contributed by atoms with E-state index >= 15 is 0 Å². The van der Waals surface area contributed by atoms with Gasteiger partial charge in [0.05, 0.1) is 0 Å². The van der Waals surface area contributed by atoms with Gasteiger partial charge in [0.25, 0.3) is 0 Å². The van der Waals surface area contributed by atoms with Gasteiger partial charge in [-0.1, -0.05) is 13.8 Å². The summed E-state index contributed by atoms with van der Waals surface area (Å²) in [4.78, 5) is 6.96. The summed E-state index contributed by atoms with van der Waals surface area (Å²) in [5.41, 5.74) is 8.32. The smallest absolute Gasteiger partial charge is 0.133 e. The van der Waals surface area contributed by atoms with Crippen LogP contribution in [0.3, 0.4) is 0 Å². The zero-order valence-corrected chi connectivity index (χ0v) is 11.1. The fourth-order valence-electron chi connectivity index (χ4n) is 2.94. The Labute approximate surface area is 104 Å². The molecule has 3 nitrogen and oxygen atoms in total. The van der Waals surface area contributed by atoms with Gasteiger partial charge in [-0.05, 0) is 36.8 Å². The highest BCUT2D eigenvalue weighted by molar-refractivity contribution is 5.50. The third-order valence-electron chi connectivity index (χ3n) is 3.64. The molecule has 0 radical (unpaired) electrons. The second-order valence-electron chi connectivity index (χ2n) is 5.49. The van der Waals surface area contributed by atoms with Crippen molar-refractivity contribution in [1.29, 1.82) is 0 Å². The van der Waals surface area contributed by atoms with Crippen LogP contribution in [-0.4, -0.2) is 18.1 Å². The van der Waals surface area contributed by atoms with E-state index in [1.54, 1.807) is 0 Å². The number of anilines is 1. The summed E-state index contributed by atoms with van der Waals surface area (Å²) in [5, 5.41) is 0. The van der Waals surface area contributed by atoms with Crippen LogP contribution < -0.4 is 10.6 Å². The Balaban J connectivity index is 2.30.